The van der Waals surface area contributed by atoms with Gasteiger partial charge in [-0.2, -0.15) is 5.10 Å². The molecule has 3 aromatic heterocycles. The third kappa shape index (κ3) is 4.82. The number of carbonyl (C=O) groups excluding carboxylic acids is 1. The van der Waals surface area contributed by atoms with Gasteiger partial charge in [-0.15, -0.1) is 0 Å². The highest BCUT2D eigenvalue weighted by atomic mass is 16.5. The fourth-order valence-electron chi connectivity index (χ4n) is 6.06. The molecule has 2 aliphatic heterocycles. The standard InChI is InChI=1S/C31H29N7O3/c1-3-30(39)38-21-5-6-22(38)14-25(13-21)40-23-7-8-27-26(15-23)31(34-17-32-27)36-20-4-9-28(19(2)12-20)41-24-10-11-37-29(16-24)33-18-35-37/h3-4,7-12,15-18,21-22,25H,1,5-6,13-14H2,2H3,(H,32,34,36)/t21-,22+,25?. The van der Waals surface area contributed by atoms with Crippen molar-refractivity contribution in [2.45, 2.75) is 50.8 Å². The van der Waals surface area contributed by atoms with Crippen molar-refractivity contribution in [3.8, 4) is 17.2 Å². The van der Waals surface area contributed by atoms with Gasteiger partial charge in [-0.1, -0.05) is 6.58 Å². The molecule has 2 saturated heterocycles. The van der Waals surface area contributed by atoms with E-state index in [4.69, 9.17) is 9.47 Å². The Kier molecular flexibility index (Phi) is 6.22. The Balaban J connectivity index is 1.08. The molecule has 41 heavy (non-hydrogen) atoms. The van der Waals surface area contributed by atoms with Crippen LogP contribution in [0.3, 0.4) is 0 Å². The zero-order chi connectivity index (χ0) is 27.9. The number of nitrogens with one attached hydrogen (secondary N) is 1. The van der Waals surface area contributed by atoms with Crippen molar-refractivity contribution < 1.29 is 14.3 Å². The summed E-state index contributed by atoms with van der Waals surface area (Å²) in [5, 5.41) is 8.43. The third-order valence-corrected chi connectivity index (χ3v) is 7.95. The highest BCUT2D eigenvalue weighted by molar-refractivity contribution is 5.91. The van der Waals surface area contributed by atoms with Gasteiger partial charge in [0.05, 0.1) is 5.52 Å². The van der Waals surface area contributed by atoms with Gasteiger partial charge in [0.15, 0.2) is 5.65 Å². The number of aryl methyl sites for hydroxylation is 1. The Bertz CT molecular complexity index is 1770. The van der Waals surface area contributed by atoms with Gasteiger partial charge < -0.3 is 19.7 Å². The van der Waals surface area contributed by atoms with Crippen LogP contribution in [0.1, 0.15) is 31.2 Å². The Morgan fingerprint density at radius 2 is 1.85 bits per heavy atom. The van der Waals surface area contributed by atoms with E-state index in [0.29, 0.717) is 11.6 Å². The number of aromatic nitrogens is 5. The first kappa shape index (κ1) is 25.0. The first-order chi connectivity index (χ1) is 20.0. The lowest BCUT2D eigenvalue weighted by Gasteiger charge is -2.38. The lowest BCUT2D eigenvalue weighted by Crippen LogP contribution is -2.48. The molecule has 3 atom stereocenters. The molecule has 2 bridgehead atoms. The van der Waals surface area contributed by atoms with Crippen molar-refractivity contribution in [3.05, 3.63) is 85.6 Å². The average molecular weight is 548 g/mol. The summed E-state index contributed by atoms with van der Waals surface area (Å²) in [5.41, 5.74) is 3.39. The summed E-state index contributed by atoms with van der Waals surface area (Å²) in [5.74, 6) is 2.93. The van der Waals surface area contributed by atoms with Crippen molar-refractivity contribution in [1.29, 1.82) is 0 Å². The number of ether oxygens (including phenoxy) is 2. The largest absolute Gasteiger partial charge is 0.490 e. The number of carbonyl (C=O) groups is 1. The molecule has 0 radical (unpaired) electrons. The predicted octanol–water partition coefficient (Wildman–Crippen LogP) is 5.60. The SMILES string of the molecule is C=CC(=O)N1[C@@H]2CC[C@H]1CC(Oc1ccc3ncnc(Nc4ccc(Oc5ccn6ncnc6c5)c(C)c4)c3c1)C2. The first-order valence-electron chi connectivity index (χ1n) is 13.7. The van der Waals surface area contributed by atoms with Gasteiger partial charge in [0.1, 0.15) is 41.8 Å². The normalized spacial score (nSPS) is 19.8. The summed E-state index contributed by atoms with van der Waals surface area (Å²) in [6, 6.07) is 15.9. The van der Waals surface area contributed by atoms with Crippen molar-refractivity contribution in [2.24, 2.45) is 0 Å². The quantitative estimate of drug-likeness (QED) is 0.262. The maximum atomic E-state index is 12.3. The van der Waals surface area contributed by atoms with Gasteiger partial charge in [0.25, 0.3) is 0 Å². The van der Waals surface area contributed by atoms with Crippen LogP contribution in [0.25, 0.3) is 16.6 Å². The maximum absolute atomic E-state index is 12.3. The lowest BCUT2D eigenvalue weighted by molar-refractivity contribution is -0.131. The van der Waals surface area contributed by atoms with Gasteiger partial charge in [0.2, 0.25) is 5.91 Å². The number of amides is 1. The van der Waals surface area contributed by atoms with Crippen LogP contribution >= 0.6 is 0 Å². The van der Waals surface area contributed by atoms with Gasteiger partial charge in [0, 0.05) is 48.3 Å². The van der Waals surface area contributed by atoms with E-state index in [9.17, 15) is 4.79 Å². The number of fused-ring (bicyclic) bond motifs is 4. The fourth-order valence-corrected chi connectivity index (χ4v) is 6.06. The third-order valence-electron chi connectivity index (χ3n) is 7.95. The van der Waals surface area contributed by atoms with Crippen LogP contribution in [0, 0.1) is 6.92 Å². The predicted molar refractivity (Wildman–Crippen MR) is 155 cm³/mol. The Morgan fingerprint density at radius 1 is 1.00 bits per heavy atom. The maximum Gasteiger partial charge on any atom is 0.246 e. The molecule has 2 aliphatic rings. The minimum absolute atomic E-state index is 0.0257. The van der Waals surface area contributed by atoms with Crippen LogP contribution in [-0.2, 0) is 4.79 Å². The zero-order valence-corrected chi connectivity index (χ0v) is 22.6. The van der Waals surface area contributed by atoms with Crippen LogP contribution < -0.4 is 14.8 Å². The molecule has 5 aromatic rings. The van der Waals surface area contributed by atoms with E-state index >= 15 is 0 Å². The van der Waals surface area contributed by atoms with Crippen LogP contribution in [0.4, 0.5) is 11.5 Å². The molecule has 0 aliphatic carbocycles. The molecular formula is C31H29N7O3. The Hall–Kier alpha value is -4.99. The number of nitrogens with zero attached hydrogens (tertiary/aromatic N) is 6. The molecular weight excluding hydrogens is 518 g/mol. The number of piperidine rings is 1. The Labute approximate surface area is 236 Å². The summed E-state index contributed by atoms with van der Waals surface area (Å²) in [6.45, 7) is 5.67. The summed E-state index contributed by atoms with van der Waals surface area (Å²) >= 11 is 0. The minimum atomic E-state index is 0.0257. The Morgan fingerprint density at radius 3 is 2.66 bits per heavy atom. The van der Waals surface area contributed by atoms with E-state index in [-0.39, 0.29) is 24.1 Å². The van der Waals surface area contributed by atoms with Gasteiger partial charge in [-0.3, -0.25) is 4.79 Å². The van der Waals surface area contributed by atoms with Crippen LogP contribution in [0.2, 0.25) is 0 Å². The summed E-state index contributed by atoms with van der Waals surface area (Å²) in [4.78, 5) is 27.5. The smallest absolute Gasteiger partial charge is 0.246 e. The van der Waals surface area contributed by atoms with Crippen LogP contribution in [-0.4, -0.2) is 53.6 Å². The molecule has 206 valence electrons. The lowest BCUT2D eigenvalue weighted by atomic mass is 9.99. The van der Waals surface area contributed by atoms with Crippen molar-refractivity contribution in [3.63, 3.8) is 0 Å². The van der Waals surface area contributed by atoms with Crippen molar-refractivity contribution in [1.82, 2.24) is 29.5 Å². The second kappa shape index (κ2) is 10.2. The number of rotatable bonds is 7. The summed E-state index contributed by atoms with van der Waals surface area (Å²) < 4.78 is 14.3. The molecule has 2 fully saturated rings. The van der Waals surface area contributed by atoms with Crippen LogP contribution in [0.15, 0.2) is 80.0 Å². The number of pyridine rings is 1. The monoisotopic (exact) mass is 547 g/mol. The highest BCUT2D eigenvalue weighted by Crippen LogP contribution is 2.38. The minimum Gasteiger partial charge on any atom is -0.490 e. The van der Waals surface area contributed by atoms with Gasteiger partial charge >= 0.3 is 0 Å². The molecule has 7 rings (SSSR count). The number of benzene rings is 2. The molecule has 10 heteroatoms. The number of hydrogen-bond acceptors (Lipinski definition) is 8. The molecule has 2 aromatic carbocycles. The number of hydrogen-bond donors (Lipinski definition) is 1. The molecule has 10 nitrogen and oxygen atoms in total. The first-order valence-corrected chi connectivity index (χ1v) is 13.7. The van der Waals surface area contributed by atoms with Crippen molar-refractivity contribution in [2.75, 3.05) is 5.32 Å². The molecule has 1 amide bonds. The number of anilines is 2. The summed E-state index contributed by atoms with van der Waals surface area (Å²) in [7, 11) is 0. The molecule has 1 unspecified atom stereocenters. The topological polar surface area (TPSA) is 107 Å². The molecule has 0 spiro atoms. The molecule has 0 saturated carbocycles. The van der Waals surface area contributed by atoms with E-state index in [0.717, 1.165) is 65.0 Å². The summed E-state index contributed by atoms with van der Waals surface area (Å²) in [6.07, 6.45) is 10.0. The second-order valence-corrected chi connectivity index (χ2v) is 10.6. The second-order valence-electron chi connectivity index (χ2n) is 10.6. The van der Waals surface area contributed by atoms with Crippen LogP contribution in [0.5, 0.6) is 17.2 Å². The van der Waals surface area contributed by atoms with E-state index in [1.807, 2.05) is 66.6 Å². The molecule has 5 heterocycles. The van der Waals surface area contributed by atoms with Gasteiger partial charge in [-0.25, -0.2) is 19.5 Å². The average Bonchev–Trinajstić information content (AvgIpc) is 3.55. The highest BCUT2D eigenvalue weighted by Gasteiger charge is 2.43. The van der Waals surface area contributed by atoms with Crippen molar-refractivity contribution >= 4 is 34.0 Å². The van der Waals surface area contributed by atoms with E-state index in [1.54, 1.807) is 10.8 Å². The zero-order valence-electron chi connectivity index (χ0n) is 22.6. The van der Waals surface area contributed by atoms with E-state index in [2.05, 4.69) is 31.9 Å². The van der Waals surface area contributed by atoms with Gasteiger partial charge in [-0.05, 0) is 73.9 Å². The molecule has 1 N–H and O–H groups in total. The van der Waals surface area contributed by atoms with E-state index in [1.165, 1.54) is 12.4 Å². The van der Waals surface area contributed by atoms with E-state index < -0.39 is 0 Å². The fraction of sp³-hybridized carbons (Fsp3) is 0.258.